The van der Waals surface area contributed by atoms with Gasteiger partial charge in [0.15, 0.2) is 0 Å². The third-order valence-corrected chi connectivity index (χ3v) is 5.18. The van der Waals surface area contributed by atoms with Crippen LogP contribution in [-0.2, 0) is 5.41 Å². The highest BCUT2D eigenvalue weighted by Gasteiger charge is 2.39. The lowest BCUT2D eigenvalue weighted by Gasteiger charge is -2.39. The lowest BCUT2D eigenvalue weighted by atomic mass is 9.74. The Morgan fingerprint density at radius 3 is 2.75 bits per heavy atom. The minimum Gasteiger partial charge on any atom is -0.338 e. The van der Waals surface area contributed by atoms with Crippen LogP contribution in [0.2, 0.25) is 0 Å². The van der Waals surface area contributed by atoms with Crippen molar-refractivity contribution in [2.24, 2.45) is 0 Å². The van der Waals surface area contributed by atoms with Gasteiger partial charge >= 0.3 is 0 Å². The number of aromatic amines is 1. The molecule has 1 amide bonds. The fourth-order valence-electron chi connectivity index (χ4n) is 3.79. The zero-order valence-electron chi connectivity index (χ0n) is 13.6. The van der Waals surface area contributed by atoms with Gasteiger partial charge < -0.3 is 9.88 Å². The number of rotatable bonds is 1. The summed E-state index contributed by atoms with van der Waals surface area (Å²) in [5.41, 5.74) is 2.42. The molecule has 2 aromatic rings. The monoisotopic (exact) mass is 321 g/mol. The first kappa shape index (κ1) is 14.9. The molecule has 2 aliphatic rings. The molecule has 0 atom stereocenters. The number of hydrogen-bond acceptors (Lipinski definition) is 3. The largest absolute Gasteiger partial charge is 0.338 e. The Morgan fingerprint density at radius 2 is 2.00 bits per heavy atom. The maximum absolute atomic E-state index is 12.6. The molecule has 2 heterocycles. The smallest absolute Gasteiger partial charge is 0.263 e. The lowest BCUT2D eigenvalue weighted by molar-refractivity contribution is 0.0688. The number of nitrogens with zero attached hydrogens (tertiary/aromatic N) is 2. The van der Waals surface area contributed by atoms with Crippen LogP contribution in [0, 0.1) is 6.92 Å². The number of fused-ring (bicyclic) bond motifs is 2. The first-order chi connectivity index (χ1) is 11.6. The normalized spacial score (nSPS) is 18.0. The molecule has 24 heavy (non-hydrogen) atoms. The van der Waals surface area contributed by atoms with E-state index in [0.29, 0.717) is 18.9 Å². The fourth-order valence-corrected chi connectivity index (χ4v) is 3.79. The molecule has 4 rings (SSSR count). The van der Waals surface area contributed by atoms with Gasteiger partial charge in [0.2, 0.25) is 0 Å². The van der Waals surface area contributed by atoms with Gasteiger partial charge in [-0.25, -0.2) is 4.98 Å². The second kappa shape index (κ2) is 5.44. The Balaban J connectivity index is 1.54. The Bertz CT molecular complexity index is 889. The van der Waals surface area contributed by atoms with Crippen molar-refractivity contribution in [2.75, 3.05) is 13.1 Å². The number of amides is 1. The van der Waals surface area contributed by atoms with Crippen molar-refractivity contribution in [1.82, 2.24) is 14.9 Å². The van der Waals surface area contributed by atoms with Crippen LogP contribution in [-0.4, -0.2) is 33.9 Å². The first-order valence-electron chi connectivity index (χ1n) is 8.23. The third kappa shape index (κ3) is 2.28. The van der Waals surface area contributed by atoms with Crippen LogP contribution in [0.4, 0.5) is 0 Å². The Kier molecular flexibility index (Phi) is 3.37. The lowest BCUT2D eigenvalue weighted by Crippen LogP contribution is -2.45. The van der Waals surface area contributed by atoms with Crippen LogP contribution in [0.5, 0.6) is 0 Å². The molecule has 0 saturated carbocycles. The Labute approximate surface area is 140 Å². The maximum atomic E-state index is 12.6. The first-order valence-corrected chi connectivity index (χ1v) is 8.23. The summed E-state index contributed by atoms with van der Waals surface area (Å²) in [6, 6.07) is 8.44. The molecule has 1 aromatic heterocycles. The van der Waals surface area contributed by atoms with Crippen LogP contribution in [0.3, 0.4) is 0 Å². The summed E-state index contributed by atoms with van der Waals surface area (Å²) in [6.45, 7) is 2.99. The quantitative estimate of drug-likeness (QED) is 0.876. The highest BCUT2D eigenvalue weighted by molar-refractivity contribution is 5.93. The summed E-state index contributed by atoms with van der Waals surface area (Å²) in [5.74, 6) is 0.288. The molecule has 122 valence electrons. The molecule has 1 N–H and O–H groups in total. The van der Waals surface area contributed by atoms with Crippen LogP contribution in [0.25, 0.3) is 6.08 Å². The molecule has 0 unspecified atom stereocenters. The summed E-state index contributed by atoms with van der Waals surface area (Å²) in [7, 11) is 0. The van der Waals surface area contributed by atoms with Crippen LogP contribution >= 0.6 is 0 Å². The summed E-state index contributed by atoms with van der Waals surface area (Å²) in [4.78, 5) is 33.0. The molecule has 1 fully saturated rings. The maximum Gasteiger partial charge on any atom is 0.263 e. The van der Waals surface area contributed by atoms with E-state index < -0.39 is 0 Å². The second-order valence-electron chi connectivity index (χ2n) is 6.58. The number of carbonyl (C=O) groups excluding carboxylic acids is 1. The van der Waals surface area contributed by atoms with E-state index >= 15 is 0 Å². The number of nitrogens with one attached hydrogen (secondary N) is 1. The second-order valence-corrected chi connectivity index (χ2v) is 6.58. The predicted molar refractivity (Wildman–Crippen MR) is 91.9 cm³/mol. The standard InChI is InChI=1S/C19H19N3O2/c1-13-20-12-15(17(23)21-13)18(24)22-10-8-19(9-11-22)7-6-14-4-2-3-5-16(14)19/h2-7,12H,8-11H2,1H3,(H,20,21,23). The SMILES string of the molecule is Cc1ncc(C(=O)N2CCC3(C=Cc4ccccc43)CC2)c(=O)[nH]1. The number of benzene rings is 1. The number of aromatic nitrogens is 2. The average molecular weight is 321 g/mol. The number of piperidine rings is 1. The van der Waals surface area contributed by atoms with E-state index in [2.05, 4.69) is 46.4 Å². The molecule has 5 nitrogen and oxygen atoms in total. The predicted octanol–water partition coefficient (Wildman–Crippen LogP) is 2.28. The van der Waals surface area contributed by atoms with Crippen LogP contribution in [0.1, 0.15) is 40.2 Å². The van der Waals surface area contributed by atoms with Crippen molar-refractivity contribution in [2.45, 2.75) is 25.2 Å². The van der Waals surface area contributed by atoms with E-state index in [1.54, 1.807) is 11.8 Å². The van der Waals surface area contributed by atoms with E-state index in [9.17, 15) is 9.59 Å². The third-order valence-electron chi connectivity index (χ3n) is 5.18. The van der Waals surface area contributed by atoms with Crippen molar-refractivity contribution in [3.63, 3.8) is 0 Å². The number of allylic oxidation sites excluding steroid dienone is 1. The molecule has 1 aliphatic heterocycles. The van der Waals surface area contributed by atoms with Crippen molar-refractivity contribution < 1.29 is 4.79 Å². The van der Waals surface area contributed by atoms with Gasteiger partial charge in [0.05, 0.1) is 0 Å². The highest BCUT2D eigenvalue weighted by Crippen LogP contribution is 2.43. The van der Waals surface area contributed by atoms with E-state index in [0.717, 1.165) is 12.8 Å². The van der Waals surface area contributed by atoms with E-state index in [1.165, 1.54) is 17.3 Å². The van der Waals surface area contributed by atoms with Gasteiger partial charge in [0, 0.05) is 24.7 Å². The van der Waals surface area contributed by atoms with Crippen molar-refractivity contribution in [3.05, 3.63) is 69.4 Å². The van der Waals surface area contributed by atoms with Gasteiger partial charge in [-0.3, -0.25) is 9.59 Å². The number of likely N-dealkylation sites (tertiary alicyclic amines) is 1. The Hall–Kier alpha value is -2.69. The molecule has 1 saturated heterocycles. The fraction of sp³-hybridized carbons (Fsp3) is 0.316. The van der Waals surface area contributed by atoms with Gasteiger partial charge in [0.25, 0.3) is 11.5 Å². The number of carbonyl (C=O) groups is 1. The zero-order chi connectivity index (χ0) is 16.7. The molecule has 0 bridgehead atoms. The van der Waals surface area contributed by atoms with Crippen LogP contribution < -0.4 is 5.56 Å². The van der Waals surface area contributed by atoms with Crippen molar-refractivity contribution >= 4 is 12.0 Å². The molecule has 0 radical (unpaired) electrons. The van der Waals surface area contributed by atoms with Gasteiger partial charge in [0.1, 0.15) is 11.4 Å². The number of aryl methyl sites for hydroxylation is 1. The van der Waals surface area contributed by atoms with Crippen molar-refractivity contribution in [1.29, 1.82) is 0 Å². The van der Waals surface area contributed by atoms with Gasteiger partial charge in [-0.15, -0.1) is 0 Å². The highest BCUT2D eigenvalue weighted by atomic mass is 16.2. The van der Waals surface area contributed by atoms with Gasteiger partial charge in [-0.05, 0) is 30.9 Å². The topological polar surface area (TPSA) is 66.1 Å². The summed E-state index contributed by atoms with van der Waals surface area (Å²) >= 11 is 0. The van der Waals surface area contributed by atoms with Gasteiger partial charge in [-0.1, -0.05) is 36.4 Å². The molecule has 1 aliphatic carbocycles. The van der Waals surface area contributed by atoms with Crippen molar-refractivity contribution in [3.8, 4) is 0 Å². The summed E-state index contributed by atoms with van der Waals surface area (Å²) < 4.78 is 0. The van der Waals surface area contributed by atoms with E-state index in [4.69, 9.17) is 0 Å². The summed E-state index contributed by atoms with van der Waals surface area (Å²) in [6.07, 6.45) is 7.60. The number of hydrogen-bond donors (Lipinski definition) is 1. The minimum atomic E-state index is -0.362. The molecular weight excluding hydrogens is 302 g/mol. The molecular formula is C19H19N3O2. The minimum absolute atomic E-state index is 0.0331. The average Bonchev–Trinajstić information content (AvgIpc) is 2.94. The van der Waals surface area contributed by atoms with E-state index in [-0.39, 0.29) is 22.4 Å². The van der Waals surface area contributed by atoms with Gasteiger partial charge in [-0.2, -0.15) is 0 Å². The molecule has 1 aromatic carbocycles. The summed E-state index contributed by atoms with van der Waals surface area (Å²) in [5, 5.41) is 0. The number of H-pyrrole nitrogens is 1. The zero-order valence-corrected chi connectivity index (χ0v) is 13.6. The molecule has 5 heteroatoms. The molecule has 1 spiro atoms. The van der Waals surface area contributed by atoms with E-state index in [1.807, 2.05) is 0 Å². The van der Waals surface area contributed by atoms with Crippen LogP contribution in [0.15, 0.2) is 41.3 Å². The Morgan fingerprint density at radius 1 is 1.25 bits per heavy atom.